The number of nitrogens with zero attached hydrogens (tertiary/aromatic N) is 1. The van der Waals surface area contributed by atoms with Gasteiger partial charge < -0.3 is 10.5 Å². The fraction of sp³-hybridized carbons (Fsp3) is 1.00. The molecule has 3 atom stereocenters. The summed E-state index contributed by atoms with van der Waals surface area (Å²) in [4.78, 5) is 2.56. The van der Waals surface area contributed by atoms with Crippen molar-refractivity contribution in [2.24, 2.45) is 5.73 Å². The topological polar surface area (TPSA) is 38.5 Å². The summed E-state index contributed by atoms with van der Waals surface area (Å²) < 4.78 is 5.76. The molecular formula is C14H30N2O. The molecule has 0 amide bonds. The summed E-state index contributed by atoms with van der Waals surface area (Å²) in [7, 11) is 0. The van der Waals surface area contributed by atoms with Gasteiger partial charge in [-0.1, -0.05) is 20.3 Å². The van der Waals surface area contributed by atoms with Crippen molar-refractivity contribution in [1.29, 1.82) is 0 Å². The van der Waals surface area contributed by atoms with Crippen molar-refractivity contribution in [3.63, 3.8) is 0 Å². The first-order valence-electron chi connectivity index (χ1n) is 7.34. The van der Waals surface area contributed by atoms with Crippen LogP contribution < -0.4 is 5.73 Å². The maximum absolute atomic E-state index is 6.31. The highest BCUT2D eigenvalue weighted by molar-refractivity contribution is 4.85. The molecule has 102 valence electrons. The number of ether oxygens (including phenoxy) is 1. The van der Waals surface area contributed by atoms with E-state index in [-0.39, 0.29) is 0 Å². The van der Waals surface area contributed by atoms with Crippen LogP contribution in [0.5, 0.6) is 0 Å². The van der Waals surface area contributed by atoms with Crippen LogP contribution in [0.3, 0.4) is 0 Å². The Morgan fingerprint density at radius 2 is 2.12 bits per heavy atom. The first-order chi connectivity index (χ1) is 8.22. The molecule has 1 aliphatic heterocycles. The minimum Gasteiger partial charge on any atom is -0.377 e. The lowest BCUT2D eigenvalue weighted by atomic mass is 9.97. The van der Waals surface area contributed by atoms with Crippen LogP contribution in [0.2, 0.25) is 0 Å². The number of rotatable bonds is 7. The lowest BCUT2D eigenvalue weighted by Gasteiger charge is -2.40. The summed E-state index contributed by atoms with van der Waals surface area (Å²) in [6.07, 6.45) is 6.36. The van der Waals surface area contributed by atoms with E-state index in [1.165, 1.54) is 25.8 Å². The Balaban J connectivity index is 2.49. The second-order valence-corrected chi connectivity index (χ2v) is 5.14. The molecule has 0 aromatic heterocycles. The molecule has 3 heteroatoms. The van der Waals surface area contributed by atoms with E-state index in [0.29, 0.717) is 18.2 Å². The highest BCUT2D eigenvalue weighted by Gasteiger charge is 2.28. The standard InChI is InChI=1S/C14H30N2O/c1-4-8-13(15)14(5-2)16-10-7-9-12(11-16)17-6-3/h12-14H,4-11,15H2,1-3H3. The zero-order valence-corrected chi connectivity index (χ0v) is 11.8. The van der Waals surface area contributed by atoms with Crippen molar-refractivity contribution in [1.82, 2.24) is 4.90 Å². The zero-order valence-electron chi connectivity index (χ0n) is 11.8. The Bertz CT molecular complexity index is 197. The van der Waals surface area contributed by atoms with E-state index in [4.69, 9.17) is 10.5 Å². The molecule has 0 saturated carbocycles. The Morgan fingerprint density at radius 3 is 2.71 bits per heavy atom. The van der Waals surface area contributed by atoms with Gasteiger partial charge in [-0.25, -0.2) is 0 Å². The maximum atomic E-state index is 6.31. The summed E-state index contributed by atoms with van der Waals surface area (Å²) in [5.74, 6) is 0. The third kappa shape index (κ3) is 4.57. The van der Waals surface area contributed by atoms with E-state index in [9.17, 15) is 0 Å². The van der Waals surface area contributed by atoms with Gasteiger partial charge >= 0.3 is 0 Å². The quantitative estimate of drug-likeness (QED) is 0.745. The van der Waals surface area contributed by atoms with E-state index in [1.54, 1.807) is 0 Å². The van der Waals surface area contributed by atoms with Crippen LogP contribution in [-0.4, -0.2) is 42.8 Å². The minimum absolute atomic E-state index is 0.324. The number of nitrogens with two attached hydrogens (primary N) is 1. The summed E-state index contributed by atoms with van der Waals surface area (Å²) in [6.45, 7) is 9.65. The number of likely N-dealkylation sites (tertiary alicyclic amines) is 1. The molecule has 0 bridgehead atoms. The summed E-state index contributed by atoms with van der Waals surface area (Å²) in [6, 6.07) is 0.864. The van der Waals surface area contributed by atoms with Crippen LogP contribution in [0.15, 0.2) is 0 Å². The first-order valence-corrected chi connectivity index (χ1v) is 7.34. The van der Waals surface area contributed by atoms with Gasteiger partial charge in [0.15, 0.2) is 0 Å². The van der Waals surface area contributed by atoms with Gasteiger partial charge in [0.1, 0.15) is 0 Å². The van der Waals surface area contributed by atoms with Crippen LogP contribution >= 0.6 is 0 Å². The molecule has 0 radical (unpaired) electrons. The van der Waals surface area contributed by atoms with Crippen LogP contribution in [0, 0.1) is 0 Å². The van der Waals surface area contributed by atoms with Gasteiger partial charge in [0, 0.05) is 25.2 Å². The monoisotopic (exact) mass is 242 g/mol. The van der Waals surface area contributed by atoms with Crippen molar-refractivity contribution in [2.75, 3.05) is 19.7 Å². The van der Waals surface area contributed by atoms with E-state index in [1.807, 2.05) is 0 Å². The lowest BCUT2D eigenvalue weighted by Crippen LogP contribution is -2.52. The van der Waals surface area contributed by atoms with Gasteiger partial charge in [-0.2, -0.15) is 0 Å². The molecular weight excluding hydrogens is 212 g/mol. The molecule has 1 fully saturated rings. The normalized spacial score (nSPS) is 25.8. The van der Waals surface area contributed by atoms with Crippen LogP contribution in [0.25, 0.3) is 0 Å². The summed E-state index contributed by atoms with van der Waals surface area (Å²) >= 11 is 0. The highest BCUT2D eigenvalue weighted by atomic mass is 16.5. The lowest BCUT2D eigenvalue weighted by molar-refractivity contribution is -0.0118. The number of hydrogen-bond donors (Lipinski definition) is 1. The van der Waals surface area contributed by atoms with E-state index >= 15 is 0 Å². The Hall–Kier alpha value is -0.120. The average molecular weight is 242 g/mol. The molecule has 0 spiro atoms. The summed E-state index contributed by atoms with van der Waals surface area (Å²) in [5.41, 5.74) is 6.31. The van der Waals surface area contributed by atoms with Gasteiger partial charge in [-0.15, -0.1) is 0 Å². The Kier molecular flexibility index (Phi) is 7.09. The van der Waals surface area contributed by atoms with Crippen LogP contribution in [0.4, 0.5) is 0 Å². The predicted octanol–water partition coefficient (Wildman–Crippen LogP) is 2.39. The van der Waals surface area contributed by atoms with E-state index in [0.717, 1.165) is 26.0 Å². The fourth-order valence-corrected chi connectivity index (χ4v) is 3.00. The van der Waals surface area contributed by atoms with Gasteiger partial charge in [-0.05, 0) is 39.2 Å². The van der Waals surface area contributed by atoms with Crippen molar-refractivity contribution >= 4 is 0 Å². The van der Waals surface area contributed by atoms with Gasteiger partial charge in [0.2, 0.25) is 0 Å². The molecule has 3 nitrogen and oxygen atoms in total. The van der Waals surface area contributed by atoms with Crippen LogP contribution in [0.1, 0.15) is 52.9 Å². The molecule has 1 saturated heterocycles. The third-order valence-electron chi connectivity index (χ3n) is 3.82. The van der Waals surface area contributed by atoms with Crippen molar-refractivity contribution in [3.8, 4) is 0 Å². The largest absolute Gasteiger partial charge is 0.377 e. The average Bonchev–Trinajstić information content (AvgIpc) is 2.31. The molecule has 2 N–H and O–H groups in total. The molecule has 0 aromatic carbocycles. The van der Waals surface area contributed by atoms with Crippen molar-refractivity contribution in [3.05, 3.63) is 0 Å². The van der Waals surface area contributed by atoms with Crippen molar-refractivity contribution < 1.29 is 4.74 Å². The van der Waals surface area contributed by atoms with Crippen molar-refractivity contribution in [2.45, 2.75) is 71.1 Å². The Labute approximate surface area is 107 Å². The SMILES string of the molecule is CCCC(N)C(CC)N1CCCC(OCC)C1. The molecule has 3 unspecified atom stereocenters. The second-order valence-electron chi connectivity index (χ2n) is 5.14. The van der Waals surface area contributed by atoms with Gasteiger partial charge in [-0.3, -0.25) is 4.90 Å². The number of hydrogen-bond acceptors (Lipinski definition) is 3. The third-order valence-corrected chi connectivity index (χ3v) is 3.82. The molecule has 0 aromatic rings. The summed E-state index contributed by atoms with van der Waals surface area (Å²) in [5, 5.41) is 0. The molecule has 17 heavy (non-hydrogen) atoms. The van der Waals surface area contributed by atoms with Crippen LogP contribution in [-0.2, 0) is 4.74 Å². The fourth-order valence-electron chi connectivity index (χ4n) is 3.00. The zero-order chi connectivity index (χ0) is 12.7. The maximum Gasteiger partial charge on any atom is 0.0702 e. The smallest absolute Gasteiger partial charge is 0.0702 e. The molecule has 0 aliphatic carbocycles. The Morgan fingerprint density at radius 1 is 1.35 bits per heavy atom. The molecule has 1 rings (SSSR count). The second kappa shape index (κ2) is 8.06. The minimum atomic E-state index is 0.324. The first kappa shape index (κ1) is 14.9. The molecule has 1 heterocycles. The predicted molar refractivity (Wildman–Crippen MR) is 73.2 cm³/mol. The van der Waals surface area contributed by atoms with E-state index < -0.39 is 0 Å². The van der Waals surface area contributed by atoms with E-state index in [2.05, 4.69) is 25.7 Å². The number of piperidine rings is 1. The van der Waals surface area contributed by atoms with Gasteiger partial charge in [0.05, 0.1) is 6.10 Å². The van der Waals surface area contributed by atoms with Gasteiger partial charge in [0.25, 0.3) is 0 Å². The highest BCUT2D eigenvalue weighted by Crippen LogP contribution is 2.20. The molecule has 1 aliphatic rings.